The molecule has 3 heteroatoms. The lowest BCUT2D eigenvalue weighted by Gasteiger charge is -2.35. The van der Waals surface area contributed by atoms with Gasteiger partial charge in [-0.15, -0.1) is 0 Å². The monoisotopic (exact) mass is 246 g/mol. The minimum atomic E-state index is 0.114. The molecule has 3 nitrogen and oxygen atoms in total. The predicted octanol–water partition coefficient (Wildman–Crippen LogP) is 2.11. The van der Waals surface area contributed by atoms with Gasteiger partial charge in [-0.25, -0.2) is 0 Å². The molecule has 0 aliphatic carbocycles. The third-order valence-corrected chi connectivity index (χ3v) is 3.60. The Labute approximate surface area is 109 Å². The van der Waals surface area contributed by atoms with E-state index < -0.39 is 0 Å². The van der Waals surface area contributed by atoms with E-state index in [1.165, 1.54) is 0 Å². The van der Waals surface area contributed by atoms with E-state index in [0.29, 0.717) is 12.5 Å². The van der Waals surface area contributed by atoms with Crippen LogP contribution in [0.15, 0.2) is 18.2 Å². The Balaban J connectivity index is 2.22. The molecule has 1 fully saturated rings. The first-order chi connectivity index (χ1) is 8.47. The quantitative estimate of drug-likeness (QED) is 0.825. The Kier molecular flexibility index (Phi) is 3.71. The number of carbonyl (C=O) groups is 1. The van der Waals surface area contributed by atoms with Crippen LogP contribution in [-0.4, -0.2) is 29.9 Å². The van der Waals surface area contributed by atoms with Gasteiger partial charge in [0.05, 0.1) is 0 Å². The molecule has 1 aliphatic heterocycles. The van der Waals surface area contributed by atoms with Crippen LogP contribution in [0, 0.1) is 19.8 Å². The summed E-state index contributed by atoms with van der Waals surface area (Å²) in [5, 5.41) is 0. The van der Waals surface area contributed by atoms with E-state index in [9.17, 15) is 4.79 Å². The van der Waals surface area contributed by atoms with E-state index in [-0.39, 0.29) is 11.9 Å². The molecule has 0 aromatic heterocycles. The maximum absolute atomic E-state index is 12.5. The van der Waals surface area contributed by atoms with Gasteiger partial charge in [-0.2, -0.15) is 0 Å². The molecule has 2 N–H and O–H groups in total. The van der Waals surface area contributed by atoms with Gasteiger partial charge in [-0.05, 0) is 37.8 Å². The van der Waals surface area contributed by atoms with Crippen molar-refractivity contribution in [2.24, 2.45) is 11.7 Å². The zero-order valence-electron chi connectivity index (χ0n) is 11.4. The molecule has 0 saturated carbocycles. The minimum Gasteiger partial charge on any atom is -0.337 e. The smallest absolute Gasteiger partial charge is 0.254 e. The van der Waals surface area contributed by atoms with Gasteiger partial charge in [0.15, 0.2) is 0 Å². The highest BCUT2D eigenvalue weighted by Gasteiger charge is 2.27. The third kappa shape index (κ3) is 2.72. The number of hydrogen-bond donors (Lipinski definition) is 1. The Bertz CT molecular complexity index is 446. The molecule has 18 heavy (non-hydrogen) atoms. The predicted molar refractivity (Wildman–Crippen MR) is 73.6 cm³/mol. The number of aryl methyl sites for hydroxylation is 2. The largest absolute Gasteiger partial charge is 0.337 e. The van der Waals surface area contributed by atoms with Gasteiger partial charge >= 0.3 is 0 Å². The van der Waals surface area contributed by atoms with Crippen molar-refractivity contribution in [3.63, 3.8) is 0 Å². The van der Waals surface area contributed by atoms with Crippen LogP contribution in [-0.2, 0) is 0 Å². The summed E-state index contributed by atoms with van der Waals surface area (Å²) < 4.78 is 0. The molecule has 0 bridgehead atoms. The summed E-state index contributed by atoms with van der Waals surface area (Å²) >= 11 is 0. The fraction of sp³-hybridized carbons (Fsp3) is 0.533. The summed E-state index contributed by atoms with van der Waals surface area (Å²) in [5.41, 5.74) is 8.98. The van der Waals surface area contributed by atoms with Gasteiger partial charge in [-0.1, -0.05) is 24.6 Å². The van der Waals surface area contributed by atoms with Gasteiger partial charge in [0.2, 0.25) is 0 Å². The molecule has 2 rings (SSSR count). The first kappa shape index (κ1) is 13.1. The Morgan fingerprint density at radius 3 is 2.72 bits per heavy atom. The lowest BCUT2D eigenvalue weighted by Crippen LogP contribution is -2.49. The van der Waals surface area contributed by atoms with Crippen LogP contribution in [0.1, 0.15) is 34.8 Å². The number of piperidine rings is 1. The molecular weight excluding hydrogens is 224 g/mol. The lowest BCUT2D eigenvalue weighted by atomic mass is 9.95. The second-order valence-electron chi connectivity index (χ2n) is 5.63. The van der Waals surface area contributed by atoms with Gasteiger partial charge in [0.25, 0.3) is 5.91 Å². The van der Waals surface area contributed by atoms with Crippen molar-refractivity contribution in [3.8, 4) is 0 Å². The summed E-state index contributed by atoms with van der Waals surface area (Å²) in [6, 6.07) is 6.14. The topological polar surface area (TPSA) is 46.3 Å². The first-order valence-electron chi connectivity index (χ1n) is 6.59. The molecule has 0 spiro atoms. The normalized spacial score (nSPS) is 24.1. The summed E-state index contributed by atoms with van der Waals surface area (Å²) in [4.78, 5) is 14.4. The summed E-state index contributed by atoms with van der Waals surface area (Å²) in [6.07, 6.45) is 1.01. The molecule has 1 heterocycles. The molecule has 2 atom stereocenters. The maximum Gasteiger partial charge on any atom is 0.254 e. The zero-order valence-corrected chi connectivity index (χ0v) is 11.4. The Morgan fingerprint density at radius 1 is 1.33 bits per heavy atom. The fourth-order valence-corrected chi connectivity index (χ4v) is 2.70. The van der Waals surface area contributed by atoms with Crippen LogP contribution < -0.4 is 5.73 Å². The minimum absolute atomic E-state index is 0.114. The summed E-state index contributed by atoms with van der Waals surface area (Å²) in [7, 11) is 0. The zero-order chi connectivity index (χ0) is 13.3. The van der Waals surface area contributed by atoms with E-state index in [1.54, 1.807) is 0 Å². The first-order valence-corrected chi connectivity index (χ1v) is 6.59. The van der Waals surface area contributed by atoms with Gasteiger partial charge in [0, 0.05) is 24.7 Å². The van der Waals surface area contributed by atoms with Crippen molar-refractivity contribution in [2.75, 3.05) is 13.1 Å². The van der Waals surface area contributed by atoms with Gasteiger partial charge < -0.3 is 10.6 Å². The van der Waals surface area contributed by atoms with E-state index in [1.807, 2.05) is 36.9 Å². The van der Waals surface area contributed by atoms with Crippen molar-refractivity contribution in [3.05, 3.63) is 34.9 Å². The second kappa shape index (κ2) is 5.11. The molecular formula is C15H22N2O. The maximum atomic E-state index is 12.5. The van der Waals surface area contributed by atoms with Gasteiger partial charge in [-0.3, -0.25) is 4.79 Å². The second-order valence-corrected chi connectivity index (χ2v) is 5.63. The third-order valence-electron chi connectivity index (χ3n) is 3.60. The van der Waals surface area contributed by atoms with Crippen molar-refractivity contribution >= 4 is 5.91 Å². The number of benzene rings is 1. The van der Waals surface area contributed by atoms with E-state index in [0.717, 1.165) is 29.7 Å². The van der Waals surface area contributed by atoms with E-state index in [2.05, 4.69) is 6.92 Å². The lowest BCUT2D eigenvalue weighted by molar-refractivity contribution is 0.0660. The number of amides is 1. The number of rotatable bonds is 1. The number of hydrogen-bond acceptors (Lipinski definition) is 2. The number of nitrogens with two attached hydrogens (primary N) is 1. The van der Waals surface area contributed by atoms with Crippen LogP contribution in [0.2, 0.25) is 0 Å². The summed E-state index contributed by atoms with van der Waals surface area (Å²) in [5.74, 6) is 0.612. The highest BCUT2D eigenvalue weighted by molar-refractivity contribution is 5.96. The standard InChI is InChI=1S/C15H22N2O/c1-10-4-5-12(3)14(7-10)15(18)17-8-11(2)6-13(16)9-17/h4-5,7,11,13H,6,8-9,16H2,1-3H3. The molecule has 0 radical (unpaired) electrons. The van der Waals surface area contributed by atoms with Crippen molar-refractivity contribution < 1.29 is 4.79 Å². The van der Waals surface area contributed by atoms with Crippen LogP contribution in [0.5, 0.6) is 0 Å². The number of nitrogens with zero attached hydrogens (tertiary/aromatic N) is 1. The average Bonchev–Trinajstić information content (AvgIpc) is 2.30. The molecule has 1 saturated heterocycles. The van der Waals surface area contributed by atoms with Crippen LogP contribution in [0.25, 0.3) is 0 Å². The van der Waals surface area contributed by atoms with Crippen molar-refractivity contribution in [1.29, 1.82) is 0 Å². The summed E-state index contributed by atoms with van der Waals surface area (Å²) in [6.45, 7) is 7.65. The van der Waals surface area contributed by atoms with E-state index >= 15 is 0 Å². The van der Waals surface area contributed by atoms with Crippen molar-refractivity contribution in [1.82, 2.24) is 4.90 Å². The molecule has 1 aliphatic rings. The van der Waals surface area contributed by atoms with Crippen LogP contribution >= 0.6 is 0 Å². The average molecular weight is 246 g/mol. The molecule has 2 unspecified atom stereocenters. The molecule has 1 aromatic rings. The van der Waals surface area contributed by atoms with Crippen LogP contribution in [0.4, 0.5) is 0 Å². The van der Waals surface area contributed by atoms with Crippen molar-refractivity contribution in [2.45, 2.75) is 33.2 Å². The highest BCUT2D eigenvalue weighted by atomic mass is 16.2. The molecule has 98 valence electrons. The Morgan fingerprint density at radius 2 is 2.06 bits per heavy atom. The van der Waals surface area contributed by atoms with E-state index in [4.69, 9.17) is 5.73 Å². The number of likely N-dealkylation sites (tertiary alicyclic amines) is 1. The Hall–Kier alpha value is -1.35. The fourth-order valence-electron chi connectivity index (χ4n) is 2.70. The van der Waals surface area contributed by atoms with Crippen LogP contribution in [0.3, 0.4) is 0 Å². The number of carbonyl (C=O) groups excluding carboxylic acids is 1. The highest BCUT2D eigenvalue weighted by Crippen LogP contribution is 2.19. The SMILES string of the molecule is Cc1ccc(C)c(C(=O)N2CC(C)CC(N)C2)c1. The van der Waals surface area contributed by atoms with Gasteiger partial charge in [0.1, 0.15) is 0 Å². The molecule has 1 aromatic carbocycles. The molecule has 1 amide bonds.